The lowest BCUT2D eigenvalue weighted by molar-refractivity contribution is -0.135. The predicted molar refractivity (Wildman–Crippen MR) is 110 cm³/mol. The molecular formula is C22H17BrFN3O3. The minimum Gasteiger partial charge on any atom is -0.324 e. The largest absolute Gasteiger partial charge is 0.324 e. The third-order valence-corrected chi connectivity index (χ3v) is 7.54. The van der Waals surface area contributed by atoms with Gasteiger partial charge in [-0.1, -0.05) is 28.1 Å². The second-order valence-corrected chi connectivity index (χ2v) is 9.20. The van der Waals surface area contributed by atoms with Crippen molar-refractivity contribution >= 4 is 45.0 Å². The number of carbonyl (C=O) groups excluding carboxylic acids is 3. The van der Waals surface area contributed by atoms with E-state index in [9.17, 15) is 18.8 Å². The molecule has 2 aromatic rings. The quantitative estimate of drug-likeness (QED) is 0.651. The summed E-state index contributed by atoms with van der Waals surface area (Å²) in [6.07, 6.45) is 1.57. The van der Waals surface area contributed by atoms with Crippen LogP contribution in [0.25, 0.3) is 0 Å². The number of hydrogen-bond donors (Lipinski definition) is 1. The molecule has 3 fully saturated rings. The van der Waals surface area contributed by atoms with E-state index < -0.39 is 35.0 Å². The average Bonchev–Trinajstić information content (AvgIpc) is 3.42. The molecule has 4 aliphatic heterocycles. The Morgan fingerprint density at radius 1 is 1.10 bits per heavy atom. The molecule has 152 valence electrons. The molecule has 3 saturated heterocycles. The molecule has 1 spiro atoms. The predicted octanol–water partition coefficient (Wildman–Crippen LogP) is 3.02. The van der Waals surface area contributed by atoms with Gasteiger partial charge >= 0.3 is 0 Å². The summed E-state index contributed by atoms with van der Waals surface area (Å²) >= 11 is 3.48. The van der Waals surface area contributed by atoms with Gasteiger partial charge < -0.3 is 5.32 Å². The Kier molecular flexibility index (Phi) is 3.63. The van der Waals surface area contributed by atoms with Crippen molar-refractivity contribution in [2.24, 2.45) is 11.8 Å². The number of hydrogen-bond acceptors (Lipinski definition) is 4. The minimum absolute atomic E-state index is 0.0468. The first-order valence-corrected chi connectivity index (χ1v) is 10.8. The molecule has 6 nitrogen and oxygen atoms in total. The van der Waals surface area contributed by atoms with Crippen molar-refractivity contribution in [2.75, 3.05) is 16.8 Å². The molecule has 30 heavy (non-hydrogen) atoms. The second-order valence-electron chi connectivity index (χ2n) is 8.28. The van der Waals surface area contributed by atoms with Gasteiger partial charge in [0, 0.05) is 21.8 Å². The van der Waals surface area contributed by atoms with Gasteiger partial charge in [0.15, 0.2) is 0 Å². The smallest absolute Gasteiger partial charge is 0.250 e. The molecule has 4 atom stereocenters. The van der Waals surface area contributed by atoms with Crippen molar-refractivity contribution in [3.63, 3.8) is 0 Å². The van der Waals surface area contributed by atoms with Crippen LogP contribution < -0.4 is 10.2 Å². The molecular weight excluding hydrogens is 453 g/mol. The Bertz CT molecular complexity index is 1150. The summed E-state index contributed by atoms with van der Waals surface area (Å²) in [5.41, 5.74) is 0.0592. The van der Waals surface area contributed by atoms with Gasteiger partial charge in [0.2, 0.25) is 17.7 Å². The van der Waals surface area contributed by atoms with Crippen molar-refractivity contribution in [3.05, 3.63) is 58.3 Å². The van der Waals surface area contributed by atoms with Crippen LogP contribution in [-0.4, -0.2) is 35.2 Å². The Labute approximate surface area is 180 Å². The minimum atomic E-state index is -1.25. The van der Waals surface area contributed by atoms with Gasteiger partial charge in [-0.25, -0.2) is 9.29 Å². The van der Waals surface area contributed by atoms with Crippen LogP contribution in [0.2, 0.25) is 0 Å². The van der Waals surface area contributed by atoms with E-state index in [1.807, 2.05) is 17.0 Å². The number of imide groups is 1. The number of para-hydroxylation sites is 1. The lowest BCUT2D eigenvalue weighted by atomic mass is 9.75. The lowest BCUT2D eigenvalue weighted by Crippen LogP contribution is -2.54. The molecule has 0 unspecified atom stereocenters. The fourth-order valence-electron chi connectivity index (χ4n) is 6.05. The number of amides is 3. The van der Waals surface area contributed by atoms with Gasteiger partial charge in [-0.2, -0.15) is 0 Å². The van der Waals surface area contributed by atoms with Gasteiger partial charge in [-0.05, 0) is 49.7 Å². The maximum Gasteiger partial charge on any atom is 0.250 e. The molecule has 0 aliphatic carbocycles. The Hall–Kier alpha value is -2.58. The van der Waals surface area contributed by atoms with E-state index in [0.717, 1.165) is 22.2 Å². The van der Waals surface area contributed by atoms with E-state index in [0.29, 0.717) is 17.8 Å². The Morgan fingerprint density at radius 3 is 2.70 bits per heavy atom. The third kappa shape index (κ3) is 1.98. The normalized spacial score (nSPS) is 32.0. The first-order chi connectivity index (χ1) is 14.5. The zero-order valence-corrected chi connectivity index (χ0v) is 17.4. The summed E-state index contributed by atoms with van der Waals surface area (Å²) in [4.78, 5) is 43.7. The zero-order chi connectivity index (χ0) is 20.8. The van der Waals surface area contributed by atoms with E-state index in [1.54, 1.807) is 12.1 Å². The molecule has 0 aromatic heterocycles. The standard InChI is InChI=1S/C22H17BrFN3O3/c23-11-7-8-14-12(10-11)22(21(30)25-14)18-17(16-6-3-9-26(16)22)19(28)27(20(18)29)15-5-2-1-4-13(15)24/h1-2,4-5,7-8,10,16-18H,3,6,9H2,(H,25,30)/t16-,17+,18-,22+/m0/s1. The highest BCUT2D eigenvalue weighted by Crippen LogP contribution is 2.60. The van der Waals surface area contributed by atoms with Gasteiger partial charge in [-0.3, -0.25) is 19.3 Å². The molecule has 3 amide bonds. The van der Waals surface area contributed by atoms with Crippen LogP contribution in [0.5, 0.6) is 0 Å². The van der Waals surface area contributed by atoms with Crippen LogP contribution in [-0.2, 0) is 19.9 Å². The first-order valence-electron chi connectivity index (χ1n) is 9.97. The van der Waals surface area contributed by atoms with Crippen molar-refractivity contribution in [3.8, 4) is 0 Å². The van der Waals surface area contributed by atoms with E-state index in [1.165, 1.54) is 18.2 Å². The maximum absolute atomic E-state index is 14.5. The Morgan fingerprint density at radius 2 is 1.90 bits per heavy atom. The topological polar surface area (TPSA) is 69.7 Å². The number of rotatable bonds is 1. The van der Waals surface area contributed by atoms with Crippen LogP contribution in [0.4, 0.5) is 15.8 Å². The van der Waals surface area contributed by atoms with Crippen molar-refractivity contribution in [2.45, 2.75) is 24.4 Å². The Balaban J connectivity index is 1.58. The number of benzene rings is 2. The molecule has 1 N–H and O–H groups in total. The van der Waals surface area contributed by atoms with Gasteiger partial charge in [0.1, 0.15) is 11.4 Å². The number of carbonyl (C=O) groups is 3. The summed E-state index contributed by atoms with van der Waals surface area (Å²) in [5, 5.41) is 2.93. The summed E-state index contributed by atoms with van der Waals surface area (Å²) < 4.78 is 15.3. The van der Waals surface area contributed by atoms with Gasteiger partial charge in [0.05, 0.1) is 17.5 Å². The third-order valence-electron chi connectivity index (χ3n) is 7.05. The SMILES string of the molecule is O=C1[C@H]2[C@@H](C(=O)N1c1ccccc1F)[C@]1(C(=O)Nc3ccc(Br)cc31)N1CCC[C@@H]21. The van der Waals surface area contributed by atoms with Crippen molar-refractivity contribution in [1.29, 1.82) is 0 Å². The number of fused-ring (bicyclic) bond motifs is 7. The molecule has 0 radical (unpaired) electrons. The highest BCUT2D eigenvalue weighted by Gasteiger charge is 2.74. The fourth-order valence-corrected chi connectivity index (χ4v) is 6.41. The summed E-state index contributed by atoms with van der Waals surface area (Å²) in [6, 6.07) is 11.1. The number of nitrogens with one attached hydrogen (secondary N) is 1. The number of anilines is 2. The second kappa shape index (κ2) is 5.98. The number of nitrogens with zero attached hydrogens (tertiary/aromatic N) is 2. The molecule has 0 saturated carbocycles. The van der Waals surface area contributed by atoms with Crippen LogP contribution in [0.1, 0.15) is 18.4 Å². The van der Waals surface area contributed by atoms with Crippen LogP contribution >= 0.6 is 15.9 Å². The number of halogens is 2. The summed E-state index contributed by atoms with van der Waals surface area (Å²) in [7, 11) is 0. The van der Waals surface area contributed by atoms with E-state index in [2.05, 4.69) is 21.2 Å². The molecule has 6 rings (SSSR count). The molecule has 2 aromatic carbocycles. The maximum atomic E-state index is 14.5. The molecule has 0 bridgehead atoms. The summed E-state index contributed by atoms with van der Waals surface area (Å²) in [6.45, 7) is 0.636. The van der Waals surface area contributed by atoms with Crippen LogP contribution in [0.3, 0.4) is 0 Å². The van der Waals surface area contributed by atoms with Crippen molar-refractivity contribution < 1.29 is 18.8 Å². The monoisotopic (exact) mass is 469 g/mol. The van der Waals surface area contributed by atoms with Crippen LogP contribution in [0, 0.1) is 17.7 Å². The molecule has 4 heterocycles. The van der Waals surface area contributed by atoms with Crippen molar-refractivity contribution in [1.82, 2.24) is 4.90 Å². The highest BCUT2D eigenvalue weighted by molar-refractivity contribution is 9.10. The zero-order valence-electron chi connectivity index (χ0n) is 15.8. The van der Waals surface area contributed by atoms with Crippen LogP contribution in [0.15, 0.2) is 46.9 Å². The summed E-state index contributed by atoms with van der Waals surface area (Å²) in [5.74, 6) is -3.39. The molecule has 4 aliphatic rings. The van der Waals surface area contributed by atoms with Gasteiger partial charge in [0.25, 0.3) is 0 Å². The van der Waals surface area contributed by atoms with E-state index >= 15 is 0 Å². The van der Waals surface area contributed by atoms with Gasteiger partial charge in [-0.15, -0.1) is 0 Å². The van der Waals surface area contributed by atoms with E-state index in [4.69, 9.17) is 0 Å². The van der Waals surface area contributed by atoms with E-state index in [-0.39, 0.29) is 17.6 Å². The highest BCUT2D eigenvalue weighted by atomic mass is 79.9. The lowest BCUT2D eigenvalue weighted by Gasteiger charge is -2.36. The fraction of sp³-hybridized carbons (Fsp3) is 0.318. The average molecular weight is 470 g/mol. The molecule has 8 heteroatoms. The first kappa shape index (κ1) is 18.2.